The fraction of sp³-hybridized carbons (Fsp3) is 0.558. The number of allylic oxidation sites excluding steroid dienone is 2. The van der Waals surface area contributed by atoms with Crippen LogP contribution in [-0.4, -0.2) is 68.6 Å². The Morgan fingerprint density at radius 1 is 0.980 bits per heavy atom. The highest BCUT2D eigenvalue weighted by Crippen LogP contribution is 2.59. The van der Waals surface area contributed by atoms with E-state index in [1.54, 1.807) is 0 Å². The van der Waals surface area contributed by atoms with E-state index in [0.717, 1.165) is 84.4 Å². The maximum absolute atomic E-state index is 14.4. The van der Waals surface area contributed by atoms with Gasteiger partial charge in [0.2, 0.25) is 0 Å². The Bertz CT molecular complexity index is 1620. The minimum atomic E-state index is -1.10. The molecule has 2 fully saturated rings. The van der Waals surface area contributed by atoms with Gasteiger partial charge >= 0.3 is 0 Å². The van der Waals surface area contributed by atoms with Crippen LogP contribution in [-0.2, 0) is 13.0 Å². The zero-order valence-electron chi connectivity index (χ0n) is 29.6. The van der Waals surface area contributed by atoms with Gasteiger partial charge in [-0.05, 0) is 104 Å². The summed E-state index contributed by atoms with van der Waals surface area (Å²) in [5.74, 6) is 0.230. The van der Waals surface area contributed by atoms with Crippen LogP contribution in [0.1, 0.15) is 117 Å². The van der Waals surface area contributed by atoms with Crippen LogP contribution >= 0.6 is 0 Å². The summed E-state index contributed by atoms with van der Waals surface area (Å²) in [4.78, 5) is 16.5. The molecule has 0 spiro atoms. The van der Waals surface area contributed by atoms with Crippen molar-refractivity contribution in [1.82, 2.24) is 4.90 Å². The van der Waals surface area contributed by atoms with Gasteiger partial charge in [-0.1, -0.05) is 92.4 Å². The van der Waals surface area contributed by atoms with Crippen molar-refractivity contribution < 1.29 is 25.2 Å². The number of ketones is 1. The van der Waals surface area contributed by atoms with Gasteiger partial charge in [0.15, 0.2) is 5.78 Å². The third-order valence-electron chi connectivity index (χ3n) is 12.4. The lowest BCUT2D eigenvalue weighted by Gasteiger charge is -2.46. The van der Waals surface area contributed by atoms with Crippen molar-refractivity contribution in [1.29, 1.82) is 0 Å². The molecule has 3 aromatic rings. The molecule has 3 aromatic carbocycles. The summed E-state index contributed by atoms with van der Waals surface area (Å²) in [5.41, 5.74) is 3.56. The number of Topliss-reactive ketones (excluding diaryl/α,β-unsaturated/α-hetero) is 1. The van der Waals surface area contributed by atoms with E-state index in [4.69, 9.17) is 0 Å². The smallest absolute Gasteiger partial charge is 0.166 e. The van der Waals surface area contributed by atoms with Gasteiger partial charge in [0.1, 0.15) is 0 Å². The predicted molar refractivity (Wildman–Crippen MR) is 197 cm³/mol. The zero-order valence-corrected chi connectivity index (χ0v) is 29.6. The van der Waals surface area contributed by atoms with E-state index in [1.807, 2.05) is 12.1 Å². The minimum Gasteiger partial charge on any atom is -0.394 e. The molecule has 0 heterocycles. The number of benzene rings is 3. The topological polar surface area (TPSA) is 101 Å². The molecule has 7 rings (SSSR count). The number of carbonyl (C=O) groups is 1. The maximum atomic E-state index is 14.4. The first-order valence-electron chi connectivity index (χ1n) is 18.8. The molecule has 0 saturated heterocycles. The molecule has 5 atom stereocenters. The second kappa shape index (κ2) is 15.6. The zero-order chi connectivity index (χ0) is 34.6. The van der Waals surface area contributed by atoms with Gasteiger partial charge in [0, 0.05) is 36.5 Å². The molecule has 2 saturated carbocycles. The molecule has 4 N–H and O–H groups in total. The van der Waals surface area contributed by atoms with E-state index < -0.39 is 23.2 Å². The van der Waals surface area contributed by atoms with Gasteiger partial charge in [0.25, 0.3) is 0 Å². The highest BCUT2D eigenvalue weighted by Gasteiger charge is 2.57. The summed E-state index contributed by atoms with van der Waals surface area (Å²) in [6, 6.07) is 20.9. The number of nitrogens with zero attached hydrogens (tertiary/aromatic N) is 1. The summed E-state index contributed by atoms with van der Waals surface area (Å²) in [5, 5.41) is 46.9. The van der Waals surface area contributed by atoms with Gasteiger partial charge in [-0.15, -0.1) is 0 Å². The van der Waals surface area contributed by atoms with Gasteiger partial charge in [-0.3, -0.25) is 9.69 Å². The highest BCUT2D eigenvalue weighted by atomic mass is 16.3. The number of hydrogen-bond acceptors (Lipinski definition) is 6. The molecule has 6 heteroatoms. The lowest BCUT2D eigenvalue weighted by molar-refractivity contribution is -0.0907. The van der Waals surface area contributed by atoms with Crippen LogP contribution in [0.15, 0.2) is 72.3 Å². The number of carbonyl (C=O) groups excluding carboxylic acids is 1. The summed E-state index contributed by atoms with van der Waals surface area (Å²) < 4.78 is 0. The van der Waals surface area contributed by atoms with Crippen molar-refractivity contribution in [3.63, 3.8) is 0 Å². The Hall–Kier alpha value is -2.87. The largest absolute Gasteiger partial charge is 0.394 e. The summed E-state index contributed by atoms with van der Waals surface area (Å²) in [6.45, 7) is 5.13. The van der Waals surface area contributed by atoms with Crippen molar-refractivity contribution >= 4 is 16.6 Å². The number of aliphatic hydroxyl groups is 4. The average Bonchev–Trinajstić information content (AvgIpc) is 3.35. The van der Waals surface area contributed by atoms with Crippen molar-refractivity contribution in [3.05, 3.63) is 94.6 Å². The minimum absolute atomic E-state index is 0.0276. The number of fused-ring (bicyclic) bond motifs is 9. The number of aliphatic hydroxyl groups excluding tert-OH is 3. The molecule has 0 aromatic heterocycles. The van der Waals surface area contributed by atoms with Crippen molar-refractivity contribution in [2.45, 2.75) is 121 Å². The molecule has 2 bridgehead atoms. The first-order valence-corrected chi connectivity index (χ1v) is 18.8. The van der Waals surface area contributed by atoms with E-state index in [9.17, 15) is 25.2 Å². The Morgan fingerprint density at radius 2 is 1.76 bits per heavy atom. The second-order valence-electron chi connectivity index (χ2n) is 15.8. The van der Waals surface area contributed by atoms with Crippen LogP contribution in [0, 0.1) is 11.3 Å². The number of rotatable bonds is 9. The molecular formula is C43H57NO5. The average molecular weight is 668 g/mol. The molecule has 0 aliphatic heterocycles. The van der Waals surface area contributed by atoms with Crippen LogP contribution in [0.5, 0.6) is 0 Å². The molecule has 49 heavy (non-hydrogen) atoms. The fourth-order valence-corrected chi connectivity index (χ4v) is 9.38. The quantitative estimate of drug-likeness (QED) is 0.139. The molecule has 0 amide bonds. The van der Waals surface area contributed by atoms with Crippen LogP contribution in [0.25, 0.3) is 10.8 Å². The monoisotopic (exact) mass is 667 g/mol. The van der Waals surface area contributed by atoms with E-state index in [-0.39, 0.29) is 30.8 Å². The van der Waals surface area contributed by atoms with E-state index in [2.05, 4.69) is 73.4 Å². The van der Waals surface area contributed by atoms with Gasteiger partial charge in [-0.2, -0.15) is 0 Å². The number of hydrogen-bond donors (Lipinski definition) is 4. The SMILES string of the molecule is CC1=CCC[C@@]2(C)[C@@H](CC[C@@]2(O)CN(Cc2cccc3ccccc23)C[C@H](O)CO)c2ccc(cc2C(=O)C2CCCCC2)C[C@@H](O)CC1. The van der Waals surface area contributed by atoms with Crippen LogP contribution in [0.2, 0.25) is 0 Å². The molecule has 0 unspecified atom stereocenters. The summed E-state index contributed by atoms with van der Waals surface area (Å²) in [7, 11) is 0. The lowest BCUT2D eigenvalue weighted by atomic mass is 9.64. The first-order chi connectivity index (χ1) is 23.6. The highest BCUT2D eigenvalue weighted by molar-refractivity contribution is 5.99. The molecule has 0 radical (unpaired) electrons. The lowest BCUT2D eigenvalue weighted by Crippen LogP contribution is -2.53. The van der Waals surface area contributed by atoms with Gasteiger partial charge < -0.3 is 20.4 Å². The van der Waals surface area contributed by atoms with Crippen molar-refractivity contribution in [3.8, 4) is 0 Å². The van der Waals surface area contributed by atoms with Crippen LogP contribution in [0.3, 0.4) is 0 Å². The van der Waals surface area contributed by atoms with Crippen LogP contribution in [0.4, 0.5) is 0 Å². The molecule has 4 aliphatic carbocycles. The van der Waals surface area contributed by atoms with E-state index >= 15 is 0 Å². The summed E-state index contributed by atoms with van der Waals surface area (Å²) in [6.07, 6.45) is 11.0. The van der Waals surface area contributed by atoms with E-state index in [1.165, 1.54) is 12.0 Å². The molecule has 6 nitrogen and oxygen atoms in total. The predicted octanol–water partition coefficient (Wildman–Crippen LogP) is 7.50. The van der Waals surface area contributed by atoms with Crippen LogP contribution < -0.4 is 0 Å². The fourth-order valence-electron chi connectivity index (χ4n) is 9.38. The van der Waals surface area contributed by atoms with Gasteiger partial charge in [0.05, 0.1) is 24.4 Å². The molecule has 4 aliphatic rings. The third-order valence-corrected chi connectivity index (χ3v) is 12.4. The Morgan fingerprint density at radius 3 is 2.55 bits per heavy atom. The second-order valence-corrected chi connectivity index (χ2v) is 15.8. The summed E-state index contributed by atoms with van der Waals surface area (Å²) >= 11 is 0. The standard InChI is InChI=1S/C43H57NO5/c1-30-10-9-22-42(2)40(38-20-18-31(24-35(46)19-17-30)25-39(38)41(48)33-12-4-3-5-13-33)21-23-43(42,49)29-44(27-36(47)28-45)26-34-15-8-14-32-11-6-7-16-37(32)34/h6-8,10-11,14-16,18,20,25,33,35-36,40,45-47,49H,3-5,9,12-13,17,19,21-24,26-29H2,1-2H3/t35-,36-,40-,42-,43+/m0/s1. The maximum Gasteiger partial charge on any atom is 0.166 e. The normalized spacial score (nSPS) is 27.5. The molecular weight excluding hydrogens is 610 g/mol. The molecule has 264 valence electrons. The Labute approximate surface area is 292 Å². The van der Waals surface area contributed by atoms with Crippen molar-refractivity contribution in [2.24, 2.45) is 11.3 Å². The van der Waals surface area contributed by atoms with E-state index in [0.29, 0.717) is 32.4 Å². The Kier molecular flexibility index (Phi) is 11.4. The van der Waals surface area contributed by atoms with Gasteiger partial charge in [-0.25, -0.2) is 0 Å². The third kappa shape index (κ3) is 7.89. The van der Waals surface area contributed by atoms with Crippen molar-refractivity contribution in [2.75, 3.05) is 19.7 Å². The first kappa shape index (κ1) is 35.9. The Balaban J connectivity index is 1.40.